The van der Waals surface area contributed by atoms with Gasteiger partial charge in [0.1, 0.15) is 0 Å². The van der Waals surface area contributed by atoms with E-state index >= 15 is 0 Å². The number of likely N-dealkylation sites (tertiary alicyclic amines) is 1. The van der Waals surface area contributed by atoms with Crippen molar-refractivity contribution in [3.63, 3.8) is 0 Å². The van der Waals surface area contributed by atoms with Crippen molar-refractivity contribution in [3.05, 3.63) is 40.9 Å². The Balaban J connectivity index is 1.76. The maximum Gasteiger partial charge on any atom is 0.230 e. The fourth-order valence-electron chi connectivity index (χ4n) is 3.00. The second-order valence-electron chi connectivity index (χ2n) is 6.34. The van der Waals surface area contributed by atoms with Crippen LogP contribution < -0.4 is 4.90 Å². The highest BCUT2D eigenvalue weighted by molar-refractivity contribution is 7.14. The SMILES string of the molecule is CC(=O)N(c1ccc(C)cc1)c1nc(CN2CCCC(O)C2)cs1. The molecule has 1 aliphatic heterocycles. The number of amides is 1. The van der Waals surface area contributed by atoms with Gasteiger partial charge in [-0.2, -0.15) is 0 Å². The van der Waals surface area contributed by atoms with Crippen LogP contribution in [0, 0.1) is 6.92 Å². The molecule has 0 saturated carbocycles. The molecule has 1 fully saturated rings. The Kier molecular flexibility index (Phi) is 5.28. The Morgan fingerprint density at radius 2 is 2.17 bits per heavy atom. The van der Waals surface area contributed by atoms with E-state index in [1.165, 1.54) is 11.3 Å². The molecular formula is C18H23N3O2S. The number of β-amino-alcohol motifs (C(OH)–C–C–N with tert-alkyl or cyclic N) is 1. The van der Waals surface area contributed by atoms with Crippen LogP contribution in [-0.4, -0.2) is 40.1 Å². The van der Waals surface area contributed by atoms with Crippen molar-refractivity contribution in [2.75, 3.05) is 18.0 Å². The lowest BCUT2D eigenvalue weighted by Gasteiger charge is -2.29. The van der Waals surface area contributed by atoms with Crippen LogP contribution in [0.1, 0.15) is 31.0 Å². The molecule has 1 N–H and O–H groups in total. The first-order chi connectivity index (χ1) is 11.5. The quantitative estimate of drug-likeness (QED) is 0.925. The normalized spacial score (nSPS) is 18.5. The van der Waals surface area contributed by atoms with E-state index in [0.29, 0.717) is 18.2 Å². The molecule has 1 aromatic carbocycles. The number of hydrogen-bond donors (Lipinski definition) is 1. The fraction of sp³-hybridized carbons (Fsp3) is 0.444. The van der Waals surface area contributed by atoms with Crippen molar-refractivity contribution in [3.8, 4) is 0 Å². The molecule has 0 spiro atoms. The third-order valence-electron chi connectivity index (χ3n) is 4.20. The van der Waals surface area contributed by atoms with Crippen LogP contribution in [0.25, 0.3) is 0 Å². The maximum atomic E-state index is 12.1. The van der Waals surface area contributed by atoms with Crippen LogP contribution in [-0.2, 0) is 11.3 Å². The molecule has 0 bridgehead atoms. The number of thiazole rings is 1. The zero-order valence-electron chi connectivity index (χ0n) is 14.1. The van der Waals surface area contributed by atoms with Crippen molar-refractivity contribution in [1.29, 1.82) is 0 Å². The minimum Gasteiger partial charge on any atom is -0.392 e. The highest BCUT2D eigenvalue weighted by atomic mass is 32.1. The molecule has 128 valence electrons. The minimum absolute atomic E-state index is 0.0480. The molecule has 0 radical (unpaired) electrons. The Hall–Kier alpha value is -1.76. The summed E-state index contributed by atoms with van der Waals surface area (Å²) in [5, 5.41) is 12.5. The number of carbonyl (C=O) groups excluding carboxylic acids is 1. The monoisotopic (exact) mass is 345 g/mol. The van der Waals surface area contributed by atoms with Gasteiger partial charge in [0, 0.05) is 25.4 Å². The van der Waals surface area contributed by atoms with Gasteiger partial charge in [0.2, 0.25) is 5.91 Å². The van der Waals surface area contributed by atoms with Gasteiger partial charge in [-0.25, -0.2) is 4.98 Å². The number of aryl methyl sites for hydroxylation is 1. The van der Waals surface area contributed by atoms with Gasteiger partial charge in [-0.05, 0) is 38.4 Å². The van der Waals surface area contributed by atoms with E-state index in [9.17, 15) is 9.90 Å². The van der Waals surface area contributed by atoms with E-state index in [1.54, 1.807) is 11.8 Å². The van der Waals surface area contributed by atoms with Gasteiger partial charge in [0.05, 0.1) is 17.5 Å². The van der Waals surface area contributed by atoms with Crippen LogP contribution in [0.2, 0.25) is 0 Å². The second kappa shape index (κ2) is 7.42. The number of benzene rings is 1. The largest absolute Gasteiger partial charge is 0.392 e. The molecule has 2 aromatic rings. The Morgan fingerprint density at radius 1 is 1.42 bits per heavy atom. The van der Waals surface area contributed by atoms with Crippen LogP contribution in [0.4, 0.5) is 10.8 Å². The smallest absolute Gasteiger partial charge is 0.230 e. The average molecular weight is 345 g/mol. The third-order valence-corrected chi connectivity index (χ3v) is 5.08. The standard InChI is InChI=1S/C18H23N3O2S/c1-13-5-7-16(8-6-13)21(14(2)22)18-19-15(12-24-18)10-20-9-3-4-17(23)11-20/h5-8,12,17,23H,3-4,9-11H2,1-2H3. The summed E-state index contributed by atoms with van der Waals surface area (Å²) in [5.74, 6) is -0.0480. The summed E-state index contributed by atoms with van der Waals surface area (Å²) in [6.07, 6.45) is 1.66. The van der Waals surface area contributed by atoms with E-state index in [-0.39, 0.29) is 12.0 Å². The number of carbonyl (C=O) groups is 1. The molecule has 6 heteroatoms. The average Bonchev–Trinajstić information content (AvgIpc) is 2.97. The molecule has 1 atom stereocenters. The summed E-state index contributed by atoms with van der Waals surface area (Å²) in [6.45, 7) is 5.98. The molecular weight excluding hydrogens is 322 g/mol. The predicted molar refractivity (Wildman–Crippen MR) is 96.6 cm³/mol. The predicted octanol–water partition coefficient (Wildman–Crippen LogP) is 3.09. The summed E-state index contributed by atoms with van der Waals surface area (Å²) < 4.78 is 0. The molecule has 3 rings (SSSR count). The van der Waals surface area contributed by atoms with Crippen molar-refractivity contribution >= 4 is 28.1 Å². The molecule has 0 aliphatic carbocycles. The first-order valence-electron chi connectivity index (χ1n) is 8.25. The van der Waals surface area contributed by atoms with E-state index in [1.807, 2.05) is 36.6 Å². The zero-order valence-corrected chi connectivity index (χ0v) is 14.9. The van der Waals surface area contributed by atoms with Gasteiger partial charge >= 0.3 is 0 Å². The highest BCUT2D eigenvalue weighted by Gasteiger charge is 2.21. The summed E-state index contributed by atoms with van der Waals surface area (Å²) in [6, 6.07) is 7.88. The Labute approximate surface area is 146 Å². The van der Waals surface area contributed by atoms with Crippen LogP contribution in [0.15, 0.2) is 29.6 Å². The summed E-state index contributed by atoms with van der Waals surface area (Å²) in [7, 11) is 0. The number of anilines is 2. The highest BCUT2D eigenvalue weighted by Crippen LogP contribution is 2.29. The molecule has 1 unspecified atom stereocenters. The van der Waals surface area contributed by atoms with Crippen molar-refractivity contribution < 1.29 is 9.90 Å². The number of aliphatic hydroxyl groups is 1. The number of nitrogens with zero attached hydrogens (tertiary/aromatic N) is 3. The van der Waals surface area contributed by atoms with Gasteiger partial charge in [-0.3, -0.25) is 14.6 Å². The summed E-state index contributed by atoms with van der Waals surface area (Å²) in [5.41, 5.74) is 2.94. The number of piperidine rings is 1. The Bertz CT molecular complexity index is 699. The first kappa shape index (κ1) is 17.1. The van der Waals surface area contributed by atoms with Gasteiger partial charge < -0.3 is 5.11 Å². The van der Waals surface area contributed by atoms with E-state index in [0.717, 1.165) is 36.3 Å². The third kappa shape index (κ3) is 4.01. The van der Waals surface area contributed by atoms with Crippen LogP contribution in [0.5, 0.6) is 0 Å². The molecule has 1 saturated heterocycles. The zero-order chi connectivity index (χ0) is 17.1. The second-order valence-corrected chi connectivity index (χ2v) is 7.18. The first-order valence-corrected chi connectivity index (χ1v) is 9.13. The molecule has 1 amide bonds. The van der Waals surface area contributed by atoms with Crippen molar-refractivity contribution in [1.82, 2.24) is 9.88 Å². The summed E-state index contributed by atoms with van der Waals surface area (Å²) >= 11 is 1.48. The molecule has 24 heavy (non-hydrogen) atoms. The van der Waals surface area contributed by atoms with Gasteiger partial charge in [0.15, 0.2) is 5.13 Å². The fourth-order valence-corrected chi connectivity index (χ4v) is 3.87. The Morgan fingerprint density at radius 3 is 2.83 bits per heavy atom. The van der Waals surface area contributed by atoms with E-state index < -0.39 is 0 Å². The lowest BCUT2D eigenvalue weighted by molar-refractivity contribution is -0.115. The number of rotatable bonds is 4. The van der Waals surface area contributed by atoms with Crippen LogP contribution in [0.3, 0.4) is 0 Å². The van der Waals surface area contributed by atoms with Crippen LogP contribution >= 0.6 is 11.3 Å². The van der Waals surface area contributed by atoms with Gasteiger partial charge in [-0.15, -0.1) is 11.3 Å². The molecule has 5 nitrogen and oxygen atoms in total. The number of aliphatic hydroxyl groups excluding tert-OH is 1. The lowest BCUT2D eigenvalue weighted by Crippen LogP contribution is -2.37. The lowest BCUT2D eigenvalue weighted by atomic mass is 10.1. The number of aromatic nitrogens is 1. The summed E-state index contributed by atoms with van der Waals surface area (Å²) in [4.78, 5) is 20.6. The van der Waals surface area contributed by atoms with Crippen molar-refractivity contribution in [2.45, 2.75) is 39.3 Å². The maximum absolute atomic E-state index is 12.1. The number of hydrogen-bond acceptors (Lipinski definition) is 5. The molecule has 2 heterocycles. The minimum atomic E-state index is -0.238. The molecule has 1 aliphatic rings. The van der Waals surface area contributed by atoms with Gasteiger partial charge in [-0.1, -0.05) is 17.7 Å². The van der Waals surface area contributed by atoms with Crippen molar-refractivity contribution in [2.24, 2.45) is 0 Å². The molecule has 1 aromatic heterocycles. The van der Waals surface area contributed by atoms with E-state index in [2.05, 4.69) is 9.88 Å². The van der Waals surface area contributed by atoms with E-state index in [4.69, 9.17) is 0 Å². The topological polar surface area (TPSA) is 56.7 Å². The van der Waals surface area contributed by atoms with Gasteiger partial charge in [0.25, 0.3) is 0 Å².